The summed E-state index contributed by atoms with van der Waals surface area (Å²) in [6, 6.07) is 11.0. The van der Waals surface area contributed by atoms with E-state index in [0.717, 1.165) is 10.2 Å². The maximum Gasteiger partial charge on any atom is 0.257 e. The highest BCUT2D eigenvalue weighted by atomic mass is 32.1. The number of nitrogens with zero attached hydrogens (tertiary/aromatic N) is 2. The van der Waals surface area contributed by atoms with Gasteiger partial charge in [-0.1, -0.05) is 23.5 Å². The Bertz CT molecular complexity index is 743. The SMILES string of the molecule is Cc1cc(C(=O)Nc2nc3ccccc3s2)cc(N)n1. The third-order valence-electron chi connectivity index (χ3n) is 2.75. The van der Waals surface area contributed by atoms with E-state index in [1.165, 1.54) is 11.3 Å². The minimum atomic E-state index is -0.235. The third-order valence-corrected chi connectivity index (χ3v) is 3.70. The second-order valence-electron chi connectivity index (χ2n) is 4.36. The highest BCUT2D eigenvalue weighted by Crippen LogP contribution is 2.25. The van der Waals surface area contributed by atoms with Gasteiger partial charge in [-0.05, 0) is 31.2 Å². The molecule has 6 heteroatoms. The summed E-state index contributed by atoms with van der Waals surface area (Å²) >= 11 is 1.44. The number of amides is 1. The van der Waals surface area contributed by atoms with Crippen molar-refractivity contribution in [1.82, 2.24) is 9.97 Å². The summed E-state index contributed by atoms with van der Waals surface area (Å²) in [5.74, 6) is 0.0979. The number of nitrogens with two attached hydrogens (primary N) is 1. The van der Waals surface area contributed by atoms with E-state index in [1.54, 1.807) is 19.1 Å². The lowest BCUT2D eigenvalue weighted by Crippen LogP contribution is -2.12. The van der Waals surface area contributed by atoms with Crippen molar-refractivity contribution in [1.29, 1.82) is 0 Å². The molecule has 0 aliphatic carbocycles. The average molecular weight is 284 g/mol. The van der Waals surface area contributed by atoms with E-state index in [9.17, 15) is 4.79 Å². The number of para-hydroxylation sites is 1. The zero-order valence-electron chi connectivity index (χ0n) is 10.8. The quantitative estimate of drug-likeness (QED) is 0.758. The maximum absolute atomic E-state index is 12.2. The third kappa shape index (κ3) is 2.46. The van der Waals surface area contributed by atoms with Gasteiger partial charge in [-0.25, -0.2) is 9.97 Å². The lowest BCUT2D eigenvalue weighted by molar-refractivity contribution is 0.102. The van der Waals surface area contributed by atoms with Gasteiger partial charge < -0.3 is 5.73 Å². The monoisotopic (exact) mass is 284 g/mol. The van der Waals surface area contributed by atoms with Crippen molar-refractivity contribution in [3.63, 3.8) is 0 Å². The van der Waals surface area contributed by atoms with Crippen LogP contribution >= 0.6 is 11.3 Å². The number of aryl methyl sites for hydroxylation is 1. The molecule has 1 aromatic carbocycles. The van der Waals surface area contributed by atoms with Gasteiger partial charge in [-0.2, -0.15) is 0 Å². The summed E-state index contributed by atoms with van der Waals surface area (Å²) in [6.07, 6.45) is 0. The predicted octanol–water partition coefficient (Wildman–Crippen LogP) is 2.83. The molecule has 0 spiro atoms. The summed E-state index contributed by atoms with van der Waals surface area (Å²) < 4.78 is 1.04. The molecule has 20 heavy (non-hydrogen) atoms. The van der Waals surface area contributed by atoms with Gasteiger partial charge in [0, 0.05) is 11.3 Å². The standard InChI is InChI=1S/C14H12N4OS/c1-8-6-9(7-12(15)16-8)13(19)18-14-17-10-4-2-3-5-11(10)20-14/h2-7H,1H3,(H2,15,16)(H,17,18,19). The van der Waals surface area contributed by atoms with Crippen LogP contribution < -0.4 is 11.1 Å². The van der Waals surface area contributed by atoms with Crippen LogP contribution in [0.2, 0.25) is 0 Å². The molecule has 0 radical (unpaired) electrons. The van der Waals surface area contributed by atoms with E-state index in [1.807, 2.05) is 24.3 Å². The van der Waals surface area contributed by atoms with Gasteiger partial charge in [-0.3, -0.25) is 10.1 Å². The molecule has 3 N–H and O–H groups in total. The Morgan fingerprint density at radius 3 is 2.80 bits per heavy atom. The first-order chi connectivity index (χ1) is 9.61. The van der Waals surface area contributed by atoms with Crippen LogP contribution in [-0.4, -0.2) is 15.9 Å². The van der Waals surface area contributed by atoms with Gasteiger partial charge in [0.25, 0.3) is 5.91 Å². The molecular formula is C14H12N4OS. The number of thiazole rings is 1. The van der Waals surface area contributed by atoms with Gasteiger partial charge in [0.05, 0.1) is 10.2 Å². The van der Waals surface area contributed by atoms with Crippen LogP contribution in [0.4, 0.5) is 10.9 Å². The molecule has 0 unspecified atom stereocenters. The van der Waals surface area contributed by atoms with Crippen LogP contribution in [0.15, 0.2) is 36.4 Å². The first kappa shape index (κ1) is 12.6. The predicted molar refractivity (Wildman–Crippen MR) is 81.0 cm³/mol. The zero-order chi connectivity index (χ0) is 14.1. The van der Waals surface area contributed by atoms with E-state index in [-0.39, 0.29) is 5.91 Å². The van der Waals surface area contributed by atoms with Crippen molar-refractivity contribution in [2.75, 3.05) is 11.1 Å². The average Bonchev–Trinajstić information content (AvgIpc) is 2.79. The number of fused-ring (bicyclic) bond motifs is 1. The summed E-state index contributed by atoms with van der Waals surface area (Å²) in [5, 5.41) is 3.36. The minimum Gasteiger partial charge on any atom is -0.384 e. The number of aromatic nitrogens is 2. The molecule has 0 atom stereocenters. The Kier molecular flexibility index (Phi) is 3.08. The number of pyridine rings is 1. The number of benzene rings is 1. The van der Waals surface area contributed by atoms with E-state index in [4.69, 9.17) is 5.73 Å². The van der Waals surface area contributed by atoms with Crippen molar-refractivity contribution in [2.24, 2.45) is 0 Å². The fourth-order valence-electron chi connectivity index (χ4n) is 1.92. The van der Waals surface area contributed by atoms with E-state index < -0.39 is 0 Å². The highest BCUT2D eigenvalue weighted by Gasteiger charge is 2.11. The van der Waals surface area contributed by atoms with Gasteiger partial charge >= 0.3 is 0 Å². The number of rotatable bonds is 2. The first-order valence-electron chi connectivity index (χ1n) is 6.03. The Balaban J connectivity index is 1.88. The fourth-order valence-corrected chi connectivity index (χ4v) is 2.78. The highest BCUT2D eigenvalue weighted by molar-refractivity contribution is 7.22. The first-order valence-corrected chi connectivity index (χ1v) is 6.84. The Morgan fingerprint density at radius 2 is 2.05 bits per heavy atom. The second-order valence-corrected chi connectivity index (χ2v) is 5.39. The molecule has 0 saturated carbocycles. The summed E-state index contributed by atoms with van der Waals surface area (Å²) in [4.78, 5) is 20.6. The normalized spacial score (nSPS) is 10.7. The number of carbonyl (C=O) groups is 1. The summed E-state index contributed by atoms with van der Waals surface area (Å²) in [6.45, 7) is 1.80. The van der Waals surface area contributed by atoms with Gasteiger partial charge in [0.2, 0.25) is 0 Å². The molecule has 1 amide bonds. The van der Waals surface area contributed by atoms with Crippen LogP contribution in [-0.2, 0) is 0 Å². The number of nitrogens with one attached hydrogen (secondary N) is 1. The lowest BCUT2D eigenvalue weighted by Gasteiger charge is -2.03. The molecule has 0 fully saturated rings. The topological polar surface area (TPSA) is 80.9 Å². The van der Waals surface area contributed by atoms with Crippen molar-refractivity contribution in [2.45, 2.75) is 6.92 Å². The van der Waals surface area contributed by atoms with E-state index >= 15 is 0 Å². The van der Waals surface area contributed by atoms with Crippen molar-refractivity contribution >= 4 is 38.4 Å². The van der Waals surface area contributed by atoms with E-state index in [0.29, 0.717) is 22.2 Å². The zero-order valence-corrected chi connectivity index (χ0v) is 11.6. The number of hydrogen-bond acceptors (Lipinski definition) is 5. The smallest absolute Gasteiger partial charge is 0.257 e. The van der Waals surface area contributed by atoms with Crippen molar-refractivity contribution < 1.29 is 4.79 Å². The molecular weight excluding hydrogens is 272 g/mol. The van der Waals surface area contributed by atoms with E-state index in [2.05, 4.69) is 15.3 Å². The van der Waals surface area contributed by atoms with Gasteiger partial charge in [-0.15, -0.1) is 0 Å². The van der Waals surface area contributed by atoms with Crippen LogP contribution in [0.25, 0.3) is 10.2 Å². The fraction of sp³-hybridized carbons (Fsp3) is 0.0714. The molecule has 0 saturated heterocycles. The number of nitrogen functional groups attached to an aromatic ring is 1. The molecule has 2 heterocycles. The Labute approximate surface area is 119 Å². The summed E-state index contributed by atoms with van der Waals surface area (Å²) in [7, 11) is 0. The second kappa shape index (κ2) is 4.90. The molecule has 0 aliphatic heterocycles. The summed E-state index contributed by atoms with van der Waals surface area (Å²) in [5.41, 5.74) is 7.71. The number of anilines is 2. The van der Waals surface area contributed by atoms with Crippen LogP contribution in [0.3, 0.4) is 0 Å². The number of hydrogen-bond donors (Lipinski definition) is 2. The van der Waals surface area contributed by atoms with Crippen molar-refractivity contribution in [3.8, 4) is 0 Å². The van der Waals surface area contributed by atoms with Crippen LogP contribution in [0.5, 0.6) is 0 Å². The molecule has 100 valence electrons. The molecule has 0 bridgehead atoms. The molecule has 0 aliphatic rings. The number of carbonyl (C=O) groups excluding carboxylic acids is 1. The van der Waals surface area contributed by atoms with Gasteiger partial charge in [0.15, 0.2) is 5.13 Å². The lowest BCUT2D eigenvalue weighted by atomic mass is 10.2. The largest absolute Gasteiger partial charge is 0.384 e. The maximum atomic E-state index is 12.2. The molecule has 2 aromatic heterocycles. The Hall–Kier alpha value is -2.47. The Morgan fingerprint density at radius 1 is 1.25 bits per heavy atom. The van der Waals surface area contributed by atoms with Crippen LogP contribution in [0, 0.1) is 6.92 Å². The molecule has 5 nitrogen and oxygen atoms in total. The minimum absolute atomic E-state index is 0.235. The van der Waals surface area contributed by atoms with Gasteiger partial charge in [0.1, 0.15) is 5.82 Å². The molecule has 3 rings (SSSR count). The molecule has 3 aromatic rings. The van der Waals surface area contributed by atoms with Crippen molar-refractivity contribution in [3.05, 3.63) is 47.7 Å². The van der Waals surface area contributed by atoms with Crippen LogP contribution in [0.1, 0.15) is 16.1 Å².